The van der Waals surface area contributed by atoms with Gasteiger partial charge in [0.25, 0.3) is 0 Å². The van der Waals surface area contributed by atoms with Crippen LogP contribution in [0.3, 0.4) is 0 Å². The Balaban J connectivity index is 2.47. The highest BCUT2D eigenvalue weighted by Crippen LogP contribution is 2.37. The van der Waals surface area contributed by atoms with Crippen molar-refractivity contribution >= 4 is 29.0 Å². The van der Waals surface area contributed by atoms with Gasteiger partial charge in [0.15, 0.2) is 0 Å². The minimum Gasteiger partial charge on any atom is -0.477 e. The van der Waals surface area contributed by atoms with Crippen molar-refractivity contribution in [2.75, 3.05) is 5.32 Å². The molecule has 0 saturated carbocycles. The molecule has 1 aromatic carbocycles. The molecule has 4 heteroatoms. The molecule has 0 spiro atoms. The monoisotopic (exact) mass is 195 g/mol. The summed E-state index contributed by atoms with van der Waals surface area (Å²) in [5.41, 5.74) is 2.26. The Morgan fingerprint density at radius 2 is 2.08 bits per heavy atom. The highest BCUT2D eigenvalue weighted by atomic mass is 35.5. The smallest absolute Gasteiger partial charge is 0.349 e. The van der Waals surface area contributed by atoms with Crippen molar-refractivity contribution < 1.29 is 9.90 Å². The molecule has 1 aromatic rings. The molecule has 0 saturated heterocycles. The van der Waals surface area contributed by atoms with E-state index >= 15 is 0 Å². The number of hydrogen-bond acceptors (Lipinski definition) is 2. The number of para-hydroxylation sites is 1. The highest BCUT2D eigenvalue weighted by Gasteiger charge is 2.23. The fraction of sp³-hybridized carbons (Fsp3) is 0. The number of aliphatic carboxylic acids is 1. The quantitative estimate of drug-likeness (QED) is 0.675. The average molecular weight is 196 g/mol. The average Bonchev–Trinajstić information content (AvgIpc) is 2.06. The van der Waals surface area contributed by atoms with Gasteiger partial charge in [-0.05, 0) is 6.07 Å². The molecule has 1 heterocycles. The highest BCUT2D eigenvalue weighted by molar-refractivity contribution is 6.45. The van der Waals surface area contributed by atoms with E-state index in [-0.39, 0.29) is 5.03 Å². The summed E-state index contributed by atoms with van der Waals surface area (Å²) in [6, 6.07) is 7.40. The molecule has 2 N–H and O–H groups in total. The third kappa shape index (κ3) is 1.17. The Bertz CT molecular complexity index is 412. The second-order valence-electron chi connectivity index (χ2n) is 2.66. The summed E-state index contributed by atoms with van der Waals surface area (Å²) in [6.45, 7) is 0. The molecule has 0 aromatic heterocycles. The number of carbonyl (C=O) groups is 1. The van der Waals surface area contributed by atoms with E-state index in [1.54, 1.807) is 0 Å². The summed E-state index contributed by atoms with van der Waals surface area (Å²) in [6.07, 6.45) is 0. The van der Waals surface area contributed by atoms with Gasteiger partial charge >= 0.3 is 5.97 Å². The minimum atomic E-state index is -1.11. The van der Waals surface area contributed by atoms with E-state index in [1.165, 1.54) is 0 Å². The standard InChI is InChI=1S/C9H6ClNO2/c10-7(9(12)13)8-5-3-1-2-4-6(5)11-8/h1-4,11H,(H,12,13). The maximum atomic E-state index is 10.5. The van der Waals surface area contributed by atoms with Crippen LogP contribution in [0.25, 0.3) is 5.70 Å². The molecular formula is C9H6ClNO2. The van der Waals surface area contributed by atoms with Crippen LogP contribution < -0.4 is 5.32 Å². The summed E-state index contributed by atoms with van der Waals surface area (Å²) in [5.74, 6) is -1.11. The predicted octanol–water partition coefficient (Wildman–Crippen LogP) is 2.10. The zero-order valence-corrected chi connectivity index (χ0v) is 7.30. The molecule has 0 amide bonds. The summed E-state index contributed by atoms with van der Waals surface area (Å²) in [4.78, 5) is 10.5. The maximum Gasteiger partial charge on any atom is 0.349 e. The van der Waals surface area contributed by atoms with Gasteiger partial charge in [0.1, 0.15) is 5.03 Å². The van der Waals surface area contributed by atoms with Crippen molar-refractivity contribution in [3.05, 3.63) is 34.9 Å². The maximum absolute atomic E-state index is 10.5. The van der Waals surface area contributed by atoms with Gasteiger partial charge in [0.2, 0.25) is 0 Å². The lowest BCUT2D eigenvalue weighted by molar-refractivity contribution is -0.131. The minimum absolute atomic E-state index is 0.168. The van der Waals surface area contributed by atoms with E-state index in [4.69, 9.17) is 16.7 Å². The van der Waals surface area contributed by atoms with Crippen LogP contribution in [-0.2, 0) is 4.79 Å². The van der Waals surface area contributed by atoms with Crippen LogP contribution in [-0.4, -0.2) is 11.1 Å². The molecule has 3 nitrogen and oxygen atoms in total. The van der Waals surface area contributed by atoms with E-state index in [2.05, 4.69) is 5.32 Å². The lowest BCUT2D eigenvalue weighted by Crippen LogP contribution is -2.16. The zero-order valence-electron chi connectivity index (χ0n) is 6.54. The van der Waals surface area contributed by atoms with Gasteiger partial charge in [0.05, 0.1) is 5.70 Å². The van der Waals surface area contributed by atoms with Crippen molar-refractivity contribution in [3.63, 3.8) is 0 Å². The Morgan fingerprint density at radius 1 is 1.38 bits per heavy atom. The lowest BCUT2D eigenvalue weighted by Gasteiger charge is -2.25. The summed E-state index contributed by atoms with van der Waals surface area (Å²) in [5, 5.41) is 11.3. The first-order chi connectivity index (χ1) is 6.20. The SMILES string of the molecule is O=C(O)C(Cl)=C1Nc2ccccc21. The normalized spacial score (nSPS) is 16.7. The number of halogens is 1. The van der Waals surface area contributed by atoms with E-state index in [0.717, 1.165) is 11.3 Å². The molecule has 0 bridgehead atoms. The number of carboxylic acids is 1. The van der Waals surface area contributed by atoms with Gasteiger partial charge in [-0.15, -0.1) is 0 Å². The van der Waals surface area contributed by atoms with Gasteiger partial charge in [-0.2, -0.15) is 0 Å². The van der Waals surface area contributed by atoms with Crippen LogP contribution in [0.5, 0.6) is 0 Å². The van der Waals surface area contributed by atoms with Crippen LogP contribution >= 0.6 is 11.6 Å². The Morgan fingerprint density at radius 3 is 2.69 bits per heavy atom. The fourth-order valence-electron chi connectivity index (χ4n) is 1.23. The summed E-state index contributed by atoms with van der Waals surface area (Å²) >= 11 is 5.56. The van der Waals surface area contributed by atoms with Gasteiger partial charge in [0, 0.05) is 11.3 Å². The topological polar surface area (TPSA) is 49.3 Å². The molecule has 13 heavy (non-hydrogen) atoms. The van der Waals surface area contributed by atoms with Crippen LogP contribution in [0.4, 0.5) is 5.69 Å². The summed E-state index contributed by atoms with van der Waals surface area (Å²) in [7, 11) is 0. The first-order valence-electron chi connectivity index (χ1n) is 3.69. The first kappa shape index (κ1) is 8.13. The van der Waals surface area contributed by atoms with Gasteiger partial charge in [-0.25, -0.2) is 4.79 Å². The van der Waals surface area contributed by atoms with Gasteiger partial charge in [-0.3, -0.25) is 0 Å². The number of benzene rings is 1. The lowest BCUT2D eigenvalue weighted by atomic mass is 10.0. The predicted molar refractivity (Wildman–Crippen MR) is 50.5 cm³/mol. The Labute approximate surface area is 79.6 Å². The number of fused-ring (bicyclic) bond motifs is 1. The van der Waals surface area contributed by atoms with Crippen molar-refractivity contribution in [2.45, 2.75) is 0 Å². The van der Waals surface area contributed by atoms with E-state index in [0.29, 0.717) is 5.70 Å². The van der Waals surface area contributed by atoms with Gasteiger partial charge in [-0.1, -0.05) is 29.8 Å². The number of nitrogens with one attached hydrogen (secondary N) is 1. The molecule has 1 aliphatic heterocycles. The molecule has 0 fully saturated rings. The first-order valence-corrected chi connectivity index (χ1v) is 4.07. The third-order valence-corrected chi connectivity index (χ3v) is 2.21. The number of carboxylic acid groups (broad SMARTS) is 1. The van der Waals surface area contributed by atoms with E-state index < -0.39 is 5.97 Å². The third-order valence-electron chi connectivity index (χ3n) is 1.86. The van der Waals surface area contributed by atoms with Crippen LogP contribution in [0.2, 0.25) is 0 Å². The molecule has 0 atom stereocenters. The number of hydrogen-bond donors (Lipinski definition) is 2. The van der Waals surface area contributed by atoms with Crippen molar-refractivity contribution in [2.24, 2.45) is 0 Å². The second kappa shape index (κ2) is 2.78. The number of anilines is 1. The number of rotatable bonds is 1. The molecule has 2 rings (SSSR count). The van der Waals surface area contributed by atoms with Gasteiger partial charge < -0.3 is 10.4 Å². The molecular weight excluding hydrogens is 190 g/mol. The Kier molecular flexibility index (Phi) is 1.74. The molecule has 66 valence electrons. The van der Waals surface area contributed by atoms with Crippen LogP contribution in [0.1, 0.15) is 5.56 Å². The van der Waals surface area contributed by atoms with Crippen LogP contribution in [0.15, 0.2) is 29.3 Å². The molecule has 0 aliphatic carbocycles. The fourth-order valence-corrected chi connectivity index (χ4v) is 1.38. The Hall–Kier alpha value is -1.48. The molecule has 1 aliphatic rings. The van der Waals surface area contributed by atoms with E-state index in [9.17, 15) is 4.79 Å². The van der Waals surface area contributed by atoms with Crippen molar-refractivity contribution in [1.29, 1.82) is 0 Å². The van der Waals surface area contributed by atoms with Crippen molar-refractivity contribution in [1.82, 2.24) is 0 Å². The zero-order chi connectivity index (χ0) is 9.42. The second-order valence-corrected chi connectivity index (χ2v) is 3.04. The molecule has 0 unspecified atom stereocenters. The molecule has 0 radical (unpaired) electrons. The summed E-state index contributed by atoms with van der Waals surface area (Å²) < 4.78 is 0. The van der Waals surface area contributed by atoms with Crippen molar-refractivity contribution in [3.8, 4) is 0 Å². The largest absolute Gasteiger partial charge is 0.477 e. The van der Waals surface area contributed by atoms with E-state index in [1.807, 2.05) is 24.3 Å². The van der Waals surface area contributed by atoms with Crippen LogP contribution in [0, 0.1) is 0 Å².